The Bertz CT molecular complexity index is 1540. The van der Waals surface area contributed by atoms with Gasteiger partial charge in [-0.15, -0.1) is 0 Å². The molecule has 0 saturated carbocycles. The van der Waals surface area contributed by atoms with Crippen molar-refractivity contribution in [3.63, 3.8) is 0 Å². The molecule has 0 spiro atoms. The number of rotatable bonds is 7. The number of alkyl carbamates (subject to hydrolysis) is 1. The SMILES string of the molecule is COc1cc2cc(c1Cl)N(C)C(=O)CC(OC(=O)C(C)N(C)C(=O)CCS)C1(C)OC1C(C)C1CC(O)(NC(=O)O1)C(OC)/C=C/C=C(/C)C2. The third-order valence-electron chi connectivity index (χ3n) is 9.85. The summed E-state index contributed by atoms with van der Waals surface area (Å²) in [5.74, 6) is -1.30. The van der Waals surface area contributed by atoms with E-state index in [0.717, 1.165) is 11.1 Å². The summed E-state index contributed by atoms with van der Waals surface area (Å²) in [6.07, 6.45) is 1.08. The average molecular weight is 738 g/mol. The van der Waals surface area contributed by atoms with Crippen molar-refractivity contribution in [3.8, 4) is 5.75 Å². The molecule has 1 aromatic carbocycles. The first-order chi connectivity index (χ1) is 23.5. The van der Waals surface area contributed by atoms with Crippen LogP contribution in [0.1, 0.15) is 52.5 Å². The van der Waals surface area contributed by atoms with Crippen LogP contribution in [0.3, 0.4) is 0 Å². The van der Waals surface area contributed by atoms with Gasteiger partial charge in [0.2, 0.25) is 11.8 Å². The lowest BCUT2D eigenvalue weighted by atomic mass is 9.83. The summed E-state index contributed by atoms with van der Waals surface area (Å²) < 4.78 is 29.0. The van der Waals surface area contributed by atoms with Gasteiger partial charge in [0, 0.05) is 40.0 Å². The predicted molar refractivity (Wildman–Crippen MR) is 189 cm³/mol. The lowest BCUT2D eigenvalue weighted by Crippen LogP contribution is -2.63. The van der Waals surface area contributed by atoms with E-state index in [0.29, 0.717) is 23.6 Å². The molecule has 4 bridgehead atoms. The number of esters is 1. The zero-order chi connectivity index (χ0) is 37.1. The number of hydrogen-bond acceptors (Lipinski definition) is 11. The van der Waals surface area contributed by atoms with Gasteiger partial charge in [0.05, 0.1) is 25.3 Å². The fourth-order valence-corrected chi connectivity index (χ4v) is 6.99. The Balaban J connectivity index is 1.78. The number of halogens is 1. The number of hydrogen-bond donors (Lipinski definition) is 3. The van der Waals surface area contributed by atoms with Crippen molar-refractivity contribution in [2.24, 2.45) is 5.92 Å². The van der Waals surface area contributed by atoms with E-state index in [1.807, 2.05) is 13.0 Å². The Morgan fingerprint density at radius 1 is 1.28 bits per heavy atom. The number of benzene rings is 1. The molecule has 1 aromatic rings. The van der Waals surface area contributed by atoms with Crippen LogP contribution >= 0.6 is 24.2 Å². The second kappa shape index (κ2) is 15.9. The summed E-state index contributed by atoms with van der Waals surface area (Å²) in [5, 5.41) is 14.4. The van der Waals surface area contributed by atoms with Crippen molar-refractivity contribution < 1.29 is 48.0 Å². The minimum atomic E-state index is -1.82. The summed E-state index contributed by atoms with van der Waals surface area (Å²) >= 11 is 10.8. The van der Waals surface area contributed by atoms with Crippen LogP contribution in [-0.2, 0) is 39.8 Å². The monoisotopic (exact) mass is 737 g/mol. The first-order valence-electron chi connectivity index (χ1n) is 16.4. The highest BCUT2D eigenvalue weighted by atomic mass is 35.5. The molecule has 0 radical (unpaired) electrons. The van der Waals surface area contributed by atoms with Gasteiger partial charge in [0.1, 0.15) is 40.7 Å². The van der Waals surface area contributed by atoms with E-state index in [2.05, 4.69) is 17.9 Å². The van der Waals surface area contributed by atoms with Crippen molar-refractivity contribution >= 4 is 53.8 Å². The molecule has 2 fully saturated rings. The number of likely N-dealkylation sites (N-methyl/N-ethyl adjacent to an activating group) is 1. The molecule has 3 heterocycles. The summed E-state index contributed by atoms with van der Waals surface area (Å²) in [7, 11) is 5.98. The second-order valence-electron chi connectivity index (χ2n) is 13.4. The Kier molecular flexibility index (Phi) is 12.6. The number of allylic oxidation sites excluding steroid dienone is 3. The van der Waals surface area contributed by atoms with Gasteiger partial charge in [0.25, 0.3) is 0 Å². The van der Waals surface area contributed by atoms with Gasteiger partial charge in [-0.2, -0.15) is 12.6 Å². The number of thiol groups is 1. The van der Waals surface area contributed by atoms with Crippen molar-refractivity contribution in [1.82, 2.24) is 10.2 Å². The van der Waals surface area contributed by atoms with Crippen molar-refractivity contribution in [2.75, 3.05) is 39.0 Å². The van der Waals surface area contributed by atoms with E-state index in [4.69, 9.17) is 35.3 Å². The lowest BCUT2D eigenvalue weighted by molar-refractivity contribution is -0.161. The molecular weight excluding hydrogens is 690 g/mol. The number of nitrogens with one attached hydrogen (secondary N) is 1. The molecule has 13 nitrogen and oxygen atoms in total. The number of nitrogens with zero attached hydrogens (tertiary/aromatic N) is 2. The quantitative estimate of drug-likeness (QED) is 0.214. The molecule has 50 heavy (non-hydrogen) atoms. The number of ether oxygens (including phenoxy) is 5. The Morgan fingerprint density at radius 2 is 1.98 bits per heavy atom. The number of carbonyl (C=O) groups is 4. The van der Waals surface area contributed by atoms with Gasteiger partial charge < -0.3 is 38.6 Å². The molecular formula is C35H48ClN3O10S. The number of methoxy groups -OCH3 is 2. The molecule has 0 aromatic heterocycles. The maximum Gasteiger partial charge on any atom is 0.409 e. The topological polar surface area (TPSA) is 156 Å². The van der Waals surface area contributed by atoms with Crippen LogP contribution in [0.25, 0.3) is 0 Å². The fourth-order valence-electron chi connectivity index (χ4n) is 6.49. The summed E-state index contributed by atoms with van der Waals surface area (Å²) in [6.45, 7) is 6.96. The van der Waals surface area contributed by atoms with Gasteiger partial charge in [0.15, 0.2) is 5.72 Å². The Morgan fingerprint density at radius 3 is 2.62 bits per heavy atom. The first-order valence-corrected chi connectivity index (χ1v) is 17.5. The van der Waals surface area contributed by atoms with Crippen LogP contribution in [0, 0.1) is 5.92 Å². The number of fused-ring (bicyclic) bond motifs is 5. The summed E-state index contributed by atoms with van der Waals surface area (Å²) in [4.78, 5) is 55.6. The van der Waals surface area contributed by atoms with Crippen LogP contribution in [-0.4, -0.2) is 110 Å². The zero-order valence-electron chi connectivity index (χ0n) is 29.7. The smallest absolute Gasteiger partial charge is 0.409 e. The van der Waals surface area contributed by atoms with E-state index in [9.17, 15) is 24.3 Å². The van der Waals surface area contributed by atoms with Crippen LogP contribution in [0.2, 0.25) is 5.02 Å². The normalized spacial score (nSPS) is 32.3. The summed E-state index contributed by atoms with van der Waals surface area (Å²) in [6, 6.07) is 2.60. The molecule has 3 aliphatic heterocycles. The Hall–Kier alpha value is -3.30. The molecule has 276 valence electrons. The highest BCUT2D eigenvalue weighted by molar-refractivity contribution is 7.80. The van der Waals surface area contributed by atoms with Crippen LogP contribution in [0.5, 0.6) is 5.75 Å². The molecule has 3 aliphatic rings. The molecule has 15 heteroatoms. The number of epoxide rings is 1. The number of aliphatic hydroxyl groups is 1. The van der Waals surface area contributed by atoms with Crippen molar-refractivity contribution in [1.29, 1.82) is 0 Å². The largest absolute Gasteiger partial charge is 0.495 e. The molecule has 8 atom stereocenters. The average Bonchev–Trinajstić information content (AvgIpc) is 3.76. The second-order valence-corrected chi connectivity index (χ2v) is 14.2. The van der Waals surface area contributed by atoms with Crippen molar-refractivity contribution in [3.05, 3.63) is 46.5 Å². The number of carbonyl (C=O) groups excluding carboxylic acids is 4. The molecule has 4 rings (SSSR count). The van der Waals surface area contributed by atoms with E-state index >= 15 is 0 Å². The van der Waals surface area contributed by atoms with E-state index in [1.165, 1.54) is 38.0 Å². The maximum atomic E-state index is 14.0. The minimum absolute atomic E-state index is 0.0489. The van der Waals surface area contributed by atoms with Gasteiger partial charge in [-0.05, 0) is 50.6 Å². The third-order valence-corrected chi connectivity index (χ3v) is 10.5. The molecule has 2 saturated heterocycles. The number of anilines is 1. The molecule has 2 N–H and O–H groups in total. The Labute approximate surface area is 303 Å². The fraction of sp³-hybridized carbons (Fsp3) is 0.600. The van der Waals surface area contributed by atoms with Crippen molar-refractivity contribution in [2.45, 2.75) is 95.2 Å². The highest BCUT2D eigenvalue weighted by Gasteiger charge is 2.64. The molecule has 0 aliphatic carbocycles. The van der Waals surface area contributed by atoms with E-state index in [1.54, 1.807) is 45.2 Å². The van der Waals surface area contributed by atoms with Crippen LogP contribution < -0.4 is 15.0 Å². The highest BCUT2D eigenvalue weighted by Crippen LogP contribution is 2.49. The molecule has 3 amide bonds. The predicted octanol–water partition coefficient (Wildman–Crippen LogP) is 3.83. The van der Waals surface area contributed by atoms with Gasteiger partial charge in [-0.1, -0.05) is 42.3 Å². The van der Waals surface area contributed by atoms with Crippen LogP contribution in [0.15, 0.2) is 35.9 Å². The standard InChI is InChI=1S/C35H48ClN3O10S/c1-19-10-9-11-26(46-8)35(44)18-25(47-33(43)37-35)20(2)31-34(4,49-31)27(48-32(42)21(3)38(5)28(40)12-13-50)17-29(41)39(6)23-15-22(14-19)16-24(45-7)30(23)36/h9-11,15-16,20-21,25-27,31,44,50H,12-14,17-18H2,1-8H3,(H,37,43)/b11-9+,19-10-. The molecule has 8 unspecified atom stereocenters. The van der Waals surface area contributed by atoms with Gasteiger partial charge in [-0.3, -0.25) is 14.9 Å². The van der Waals surface area contributed by atoms with Gasteiger partial charge in [-0.25, -0.2) is 9.59 Å². The van der Waals surface area contributed by atoms with E-state index < -0.39 is 65.7 Å². The van der Waals surface area contributed by atoms with Crippen LogP contribution in [0.4, 0.5) is 10.5 Å². The maximum absolute atomic E-state index is 14.0. The van der Waals surface area contributed by atoms with Gasteiger partial charge >= 0.3 is 12.1 Å². The minimum Gasteiger partial charge on any atom is -0.495 e. The third kappa shape index (κ3) is 8.42. The number of amides is 3. The summed E-state index contributed by atoms with van der Waals surface area (Å²) in [5.41, 5.74) is -0.903. The first kappa shape index (κ1) is 39.5. The van der Waals surface area contributed by atoms with E-state index in [-0.39, 0.29) is 30.2 Å². The lowest BCUT2D eigenvalue weighted by Gasteiger charge is -2.42. The zero-order valence-corrected chi connectivity index (χ0v) is 31.4.